The minimum absolute atomic E-state index is 0.0277. The zero-order chi connectivity index (χ0) is 21.3. The highest BCUT2D eigenvalue weighted by atomic mass is 16.5. The number of nitrogens with zero attached hydrogens (tertiary/aromatic N) is 1. The minimum atomic E-state index is -0.597. The third-order valence-electron chi connectivity index (χ3n) is 5.17. The molecule has 1 aliphatic rings. The van der Waals surface area contributed by atoms with Gasteiger partial charge in [-0.05, 0) is 36.6 Å². The van der Waals surface area contributed by atoms with Gasteiger partial charge in [-0.15, -0.1) is 0 Å². The fourth-order valence-corrected chi connectivity index (χ4v) is 3.55. The van der Waals surface area contributed by atoms with E-state index in [0.29, 0.717) is 17.9 Å². The van der Waals surface area contributed by atoms with Gasteiger partial charge < -0.3 is 19.7 Å². The normalized spacial score (nSPS) is 14.5. The van der Waals surface area contributed by atoms with Crippen LogP contribution in [0.4, 0.5) is 0 Å². The summed E-state index contributed by atoms with van der Waals surface area (Å²) in [6.07, 6.45) is 5.58. The Bertz CT molecular complexity index is 889. The Morgan fingerprint density at radius 1 is 1.07 bits per heavy atom. The van der Waals surface area contributed by atoms with Crippen molar-refractivity contribution in [3.63, 3.8) is 0 Å². The van der Waals surface area contributed by atoms with Crippen molar-refractivity contribution >= 4 is 17.9 Å². The number of carbonyl (C=O) groups excluding carboxylic acids is 2. The summed E-state index contributed by atoms with van der Waals surface area (Å²) in [4.78, 5) is 27.4. The monoisotopic (exact) mass is 408 g/mol. The van der Waals surface area contributed by atoms with E-state index in [-0.39, 0.29) is 11.8 Å². The Morgan fingerprint density at radius 2 is 1.80 bits per heavy atom. The molecule has 2 aromatic rings. The highest BCUT2D eigenvalue weighted by molar-refractivity contribution is 5.96. The number of likely N-dealkylation sites (tertiary alicyclic amines) is 1. The van der Waals surface area contributed by atoms with Crippen molar-refractivity contribution in [3.8, 4) is 11.5 Å². The van der Waals surface area contributed by atoms with Crippen LogP contribution in [0.2, 0.25) is 0 Å². The van der Waals surface area contributed by atoms with E-state index in [9.17, 15) is 9.59 Å². The van der Waals surface area contributed by atoms with Crippen molar-refractivity contribution in [2.45, 2.75) is 25.3 Å². The van der Waals surface area contributed by atoms with Gasteiger partial charge in [-0.3, -0.25) is 9.59 Å². The Hall–Kier alpha value is -3.28. The average molecular weight is 408 g/mol. The topological polar surface area (TPSA) is 67.9 Å². The first kappa shape index (κ1) is 21.4. The van der Waals surface area contributed by atoms with Gasteiger partial charge in [-0.2, -0.15) is 0 Å². The Kier molecular flexibility index (Phi) is 7.49. The van der Waals surface area contributed by atoms with Gasteiger partial charge >= 0.3 is 0 Å². The summed E-state index contributed by atoms with van der Waals surface area (Å²) in [7, 11) is 3.15. The molecule has 0 spiro atoms. The predicted molar refractivity (Wildman–Crippen MR) is 116 cm³/mol. The molecule has 158 valence electrons. The molecule has 0 saturated carbocycles. The Morgan fingerprint density at radius 3 is 2.47 bits per heavy atom. The van der Waals surface area contributed by atoms with Crippen LogP contribution in [0.25, 0.3) is 6.08 Å². The van der Waals surface area contributed by atoms with Gasteiger partial charge in [-0.1, -0.05) is 30.3 Å². The molecule has 0 unspecified atom stereocenters. The maximum Gasteiger partial charge on any atom is 0.245 e. The highest BCUT2D eigenvalue weighted by Crippen LogP contribution is 2.25. The summed E-state index contributed by atoms with van der Waals surface area (Å²) < 4.78 is 10.6. The first-order valence-electron chi connectivity index (χ1n) is 10.1. The van der Waals surface area contributed by atoms with Crippen LogP contribution in [0.3, 0.4) is 0 Å². The summed E-state index contributed by atoms with van der Waals surface area (Å²) in [5, 5.41) is 2.89. The molecule has 3 rings (SSSR count). The number of rotatable bonds is 8. The average Bonchev–Trinajstić information content (AvgIpc) is 3.32. The second-order valence-corrected chi connectivity index (χ2v) is 7.22. The largest absolute Gasteiger partial charge is 0.497 e. The smallest absolute Gasteiger partial charge is 0.245 e. The number of benzene rings is 2. The number of hydrogen-bond donors (Lipinski definition) is 1. The summed E-state index contributed by atoms with van der Waals surface area (Å²) in [6, 6.07) is 14.5. The lowest BCUT2D eigenvalue weighted by Gasteiger charge is -2.23. The first-order valence-corrected chi connectivity index (χ1v) is 10.1. The van der Waals surface area contributed by atoms with E-state index in [4.69, 9.17) is 9.47 Å². The first-order chi connectivity index (χ1) is 14.6. The Labute approximate surface area is 177 Å². The van der Waals surface area contributed by atoms with Crippen LogP contribution in [0.1, 0.15) is 24.0 Å². The predicted octanol–water partition coefficient (Wildman–Crippen LogP) is 3.07. The molecule has 0 aliphatic carbocycles. The number of hydrogen-bond acceptors (Lipinski definition) is 4. The van der Waals surface area contributed by atoms with E-state index in [1.54, 1.807) is 32.4 Å². The molecule has 1 saturated heterocycles. The quantitative estimate of drug-likeness (QED) is 0.682. The Balaban J connectivity index is 1.72. The third kappa shape index (κ3) is 5.63. The molecular formula is C24H28N2O4. The van der Waals surface area contributed by atoms with Crippen LogP contribution in [-0.4, -0.2) is 50.1 Å². The van der Waals surface area contributed by atoms with Gasteiger partial charge in [0.25, 0.3) is 0 Å². The maximum absolute atomic E-state index is 13.0. The lowest BCUT2D eigenvalue weighted by molar-refractivity contribution is -0.134. The van der Waals surface area contributed by atoms with Crippen molar-refractivity contribution in [2.75, 3.05) is 27.3 Å². The zero-order valence-electron chi connectivity index (χ0n) is 17.5. The fourth-order valence-electron chi connectivity index (χ4n) is 3.55. The van der Waals surface area contributed by atoms with E-state index >= 15 is 0 Å². The molecule has 0 radical (unpaired) electrons. The van der Waals surface area contributed by atoms with E-state index in [0.717, 1.165) is 37.1 Å². The van der Waals surface area contributed by atoms with Crippen LogP contribution in [0, 0.1) is 0 Å². The third-order valence-corrected chi connectivity index (χ3v) is 5.17. The van der Waals surface area contributed by atoms with Crippen molar-refractivity contribution in [2.24, 2.45) is 0 Å². The molecule has 0 bridgehead atoms. The molecule has 2 amide bonds. The molecular weight excluding hydrogens is 380 g/mol. The molecule has 6 heteroatoms. The number of ether oxygens (including phenoxy) is 2. The van der Waals surface area contributed by atoms with Gasteiger partial charge in [0.15, 0.2) is 0 Å². The summed E-state index contributed by atoms with van der Waals surface area (Å²) in [5.41, 5.74) is 1.76. The maximum atomic E-state index is 13.0. The van der Waals surface area contributed by atoms with Crippen molar-refractivity contribution < 1.29 is 19.1 Å². The van der Waals surface area contributed by atoms with Crippen molar-refractivity contribution in [1.29, 1.82) is 0 Å². The second kappa shape index (κ2) is 10.5. The molecule has 0 aromatic heterocycles. The number of nitrogens with one attached hydrogen (secondary N) is 1. The standard InChI is InChI=1S/C24H28N2O4/c1-29-20-12-10-19(22(17-20)30-2)11-13-23(27)25-21(16-18-8-4-3-5-9-18)24(28)26-14-6-7-15-26/h3-5,8-13,17,21H,6-7,14-16H2,1-2H3,(H,25,27)/b13-11-/t21-/m1/s1. The van der Waals surface area contributed by atoms with Gasteiger partial charge in [-0.25, -0.2) is 0 Å². The van der Waals surface area contributed by atoms with Crippen LogP contribution in [-0.2, 0) is 16.0 Å². The summed E-state index contributed by atoms with van der Waals surface area (Å²) in [5.74, 6) is 0.932. The van der Waals surface area contributed by atoms with Crippen LogP contribution < -0.4 is 14.8 Å². The van der Waals surface area contributed by atoms with Gasteiger partial charge in [0.2, 0.25) is 11.8 Å². The fraction of sp³-hybridized carbons (Fsp3) is 0.333. The van der Waals surface area contributed by atoms with E-state index in [2.05, 4.69) is 5.32 Å². The lowest BCUT2D eigenvalue weighted by Crippen LogP contribution is -2.48. The number of amides is 2. The van der Waals surface area contributed by atoms with Crippen molar-refractivity contribution in [1.82, 2.24) is 10.2 Å². The molecule has 2 aromatic carbocycles. The number of carbonyl (C=O) groups is 2. The summed E-state index contributed by atoms with van der Waals surface area (Å²) in [6.45, 7) is 1.50. The van der Waals surface area contributed by atoms with Gasteiger partial charge in [0.1, 0.15) is 17.5 Å². The molecule has 1 heterocycles. The van der Waals surface area contributed by atoms with Gasteiger partial charge in [0.05, 0.1) is 14.2 Å². The zero-order valence-corrected chi connectivity index (χ0v) is 17.5. The van der Waals surface area contributed by atoms with E-state index in [1.807, 2.05) is 41.3 Å². The summed E-state index contributed by atoms with van der Waals surface area (Å²) >= 11 is 0. The minimum Gasteiger partial charge on any atom is -0.497 e. The second-order valence-electron chi connectivity index (χ2n) is 7.22. The molecule has 6 nitrogen and oxygen atoms in total. The lowest BCUT2D eigenvalue weighted by atomic mass is 10.0. The molecule has 1 atom stereocenters. The molecule has 1 aliphatic heterocycles. The van der Waals surface area contributed by atoms with Crippen LogP contribution >= 0.6 is 0 Å². The molecule has 1 fully saturated rings. The highest BCUT2D eigenvalue weighted by Gasteiger charge is 2.27. The van der Waals surface area contributed by atoms with Crippen LogP contribution in [0.5, 0.6) is 11.5 Å². The van der Waals surface area contributed by atoms with Crippen molar-refractivity contribution in [3.05, 3.63) is 65.7 Å². The van der Waals surface area contributed by atoms with E-state index < -0.39 is 6.04 Å². The van der Waals surface area contributed by atoms with Crippen LogP contribution in [0.15, 0.2) is 54.6 Å². The molecule has 30 heavy (non-hydrogen) atoms. The molecule has 1 N–H and O–H groups in total. The number of methoxy groups -OCH3 is 2. The van der Waals surface area contributed by atoms with E-state index in [1.165, 1.54) is 6.08 Å². The van der Waals surface area contributed by atoms with Gasteiger partial charge in [0, 0.05) is 37.2 Å². The SMILES string of the molecule is COc1ccc(/C=C\C(=O)N[C@H](Cc2ccccc2)C(=O)N2CCCC2)c(OC)c1.